The van der Waals surface area contributed by atoms with Crippen LogP contribution in [0.25, 0.3) is 0 Å². The summed E-state index contributed by atoms with van der Waals surface area (Å²) in [7, 11) is 1.68. The number of quaternary nitrogens is 1. The lowest BCUT2D eigenvalue weighted by atomic mass is 10.1. The summed E-state index contributed by atoms with van der Waals surface area (Å²) in [5, 5.41) is 10.9. The molecule has 1 N–H and O–H groups in total. The molecule has 2 heteroatoms. The monoisotopic (exact) mass is 129 g/mol. The molecule has 1 rings (SSSR count). The van der Waals surface area contributed by atoms with Crippen LogP contribution in [0.15, 0.2) is 0 Å². The fraction of sp³-hybridized carbons (Fsp3) is 1.00. The molecule has 0 aromatic carbocycles. The minimum Gasteiger partial charge on any atom is -0.634 e. The summed E-state index contributed by atoms with van der Waals surface area (Å²) in [6, 6.07) is 0. The van der Waals surface area contributed by atoms with E-state index in [-0.39, 0.29) is 0 Å². The maximum atomic E-state index is 10.6. The van der Waals surface area contributed by atoms with Crippen LogP contribution >= 0.6 is 0 Å². The smallest absolute Gasteiger partial charge is 0.0794 e. The Morgan fingerprint density at radius 2 is 2.22 bits per heavy atom. The first-order valence-electron chi connectivity index (χ1n) is 3.69. The number of hydrogen-bond acceptors (Lipinski definition) is 1. The van der Waals surface area contributed by atoms with Gasteiger partial charge < -0.3 is 10.3 Å². The SMILES string of the molecule is CC(C[NH+](C)[O-])C1CC1. The lowest BCUT2D eigenvalue weighted by Crippen LogP contribution is -3.04. The van der Waals surface area contributed by atoms with Crippen molar-refractivity contribution >= 4 is 0 Å². The Hall–Kier alpha value is -0.0800. The molecule has 0 saturated heterocycles. The van der Waals surface area contributed by atoms with Crippen molar-refractivity contribution in [1.82, 2.24) is 0 Å². The predicted molar refractivity (Wildman–Crippen MR) is 37.0 cm³/mol. The number of hydrogen-bond donors (Lipinski definition) is 1. The standard InChI is InChI=1S/C7H15NO/c1-6(5-8(2)9)7-3-4-7/h6-8H,3-5H2,1-2H3. The average Bonchev–Trinajstić information content (AvgIpc) is 2.40. The summed E-state index contributed by atoms with van der Waals surface area (Å²) >= 11 is 0. The van der Waals surface area contributed by atoms with Crippen LogP contribution in [0.4, 0.5) is 0 Å². The van der Waals surface area contributed by atoms with E-state index in [1.54, 1.807) is 7.05 Å². The van der Waals surface area contributed by atoms with Crippen LogP contribution in [0.3, 0.4) is 0 Å². The van der Waals surface area contributed by atoms with Crippen molar-refractivity contribution in [3.8, 4) is 0 Å². The molecule has 0 bridgehead atoms. The van der Waals surface area contributed by atoms with Crippen molar-refractivity contribution in [2.24, 2.45) is 11.8 Å². The molecule has 2 nitrogen and oxygen atoms in total. The van der Waals surface area contributed by atoms with Crippen molar-refractivity contribution in [3.63, 3.8) is 0 Å². The fourth-order valence-corrected chi connectivity index (χ4v) is 1.29. The third-order valence-electron chi connectivity index (χ3n) is 2.04. The minimum absolute atomic E-state index is 0.342. The number of nitrogens with one attached hydrogen (secondary N) is 1. The van der Waals surface area contributed by atoms with E-state index >= 15 is 0 Å². The Morgan fingerprint density at radius 1 is 1.67 bits per heavy atom. The van der Waals surface area contributed by atoms with Crippen LogP contribution in [0.2, 0.25) is 0 Å². The first-order chi connectivity index (χ1) is 4.20. The molecule has 2 unspecified atom stereocenters. The molecule has 1 fully saturated rings. The molecule has 54 valence electrons. The van der Waals surface area contributed by atoms with Crippen LogP contribution in [0, 0.1) is 17.0 Å². The molecule has 0 aromatic heterocycles. The van der Waals surface area contributed by atoms with Crippen LogP contribution in [0.5, 0.6) is 0 Å². The van der Waals surface area contributed by atoms with E-state index in [4.69, 9.17) is 0 Å². The van der Waals surface area contributed by atoms with Crippen molar-refractivity contribution in [2.45, 2.75) is 19.8 Å². The zero-order chi connectivity index (χ0) is 6.85. The van der Waals surface area contributed by atoms with Crippen LogP contribution in [-0.2, 0) is 0 Å². The first kappa shape index (κ1) is 7.03. The van der Waals surface area contributed by atoms with Crippen molar-refractivity contribution in [1.29, 1.82) is 0 Å². The van der Waals surface area contributed by atoms with E-state index in [1.165, 1.54) is 12.8 Å². The Morgan fingerprint density at radius 3 is 2.56 bits per heavy atom. The van der Waals surface area contributed by atoms with Crippen molar-refractivity contribution in [3.05, 3.63) is 5.21 Å². The summed E-state index contributed by atoms with van der Waals surface area (Å²) in [6.45, 7) is 2.98. The molecule has 0 aromatic rings. The number of rotatable bonds is 3. The fourth-order valence-electron chi connectivity index (χ4n) is 1.29. The molecule has 2 atom stereocenters. The molecule has 0 aliphatic heterocycles. The highest BCUT2D eigenvalue weighted by Gasteiger charge is 2.28. The van der Waals surface area contributed by atoms with Gasteiger partial charge in [0.05, 0.1) is 13.6 Å². The van der Waals surface area contributed by atoms with Crippen LogP contribution < -0.4 is 5.06 Å². The van der Waals surface area contributed by atoms with E-state index in [9.17, 15) is 5.21 Å². The molecule has 1 aliphatic rings. The predicted octanol–water partition coefficient (Wildman–Crippen LogP) is 0.0450. The third-order valence-corrected chi connectivity index (χ3v) is 2.04. The summed E-state index contributed by atoms with van der Waals surface area (Å²) in [6.07, 6.45) is 2.71. The molecular formula is C7H15NO. The van der Waals surface area contributed by atoms with Gasteiger partial charge in [-0.05, 0) is 18.8 Å². The molecule has 1 saturated carbocycles. The van der Waals surface area contributed by atoms with Gasteiger partial charge in [-0.2, -0.15) is 0 Å². The zero-order valence-electron chi connectivity index (χ0n) is 6.18. The molecule has 9 heavy (non-hydrogen) atoms. The van der Waals surface area contributed by atoms with Gasteiger partial charge in [0, 0.05) is 5.92 Å². The molecular weight excluding hydrogens is 114 g/mol. The van der Waals surface area contributed by atoms with E-state index in [0.29, 0.717) is 11.0 Å². The summed E-state index contributed by atoms with van der Waals surface area (Å²) in [4.78, 5) is 0. The maximum Gasteiger partial charge on any atom is 0.0794 e. The quantitative estimate of drug-likeness (QED) is 0.535. The Kier molecular flexibility index (Phi) is 2.09. The molecule has 0 amide bonds. The maximum absolute atomic E-state index is 10.6. The van der Waals surface area contributed by atoms with Crippen molar-refractivity contribution < 1.29 is 5.06 Å². The Labute approximate surface area is 56.4 Å². The largest absolute Gasteiger partial charge is 0.634 e. The lowest BCUT2D eigenvalue weighted by molar-refractivity contribution is -0.829. The van der Waals surface area contributed by atoms with E-state index in [2.05, 4.69) is 6.92 Å². The van der Waals surface area contributed by atoms with Crippen LogP contribution in [-0.4, -0.2) is 13.6 Å². The van der Waals surface area contributed by atoms with Gasteiger partial charge in [0.2, 0.25) is 0 Å². The van der Waals surface area contributed by atoms with Gasteiger partial charge in [-0.1, -0.05) is 6.92 Å². The Bertz CT molecular complexity index is 88.9. The highest BCUT2D eigenvalue weighted by Crippen LogP contribution is 2.35. The Balaban J connectivity index is 2.10. The van der Waals surface area contributed by atoms with Crippen molar-refractivity contribution in [2.75, 3.05) is 13.6 Å². The molecule has 0 heterocycles. The molecule has 0 radical (unpaired) electrons. The van der Waals surface area contributed by atoms with Gasteiger partial charge in [0.1, 0.15) is 0 Å². The minimum atomic E-state index is 0.342. The van der Waals surface area contributed by atoms with Gasteiger partial charge >= 0.3 is 0 Å². The summed E-state index contributed by atoms with van der Waals surface area (Å²) in [5.41, 5.74) is 0. The zero-order valence-corrected chi connectivity index (χ0v) is 6.18. The normalized spacial score (nSPS) is 25.7. The average molecular weight is 129 g/mol. The van der Waals surface area contributed by atoms with E-state index in [1.807, 2.05) is 0 Å². The first-order valence-corrected chi connectivity index (χ1v) is 3.69. The van der Waals surface area contributed by atoms with E-state index in [0.717, 1.165) is 12.5 Å². The lowest BCUT2D eigenvalue weighted by Gasteiger charge is -2.20. The van der Waals surface area contributed by atoms with E-state index < -0.39 is 0 Å². The van der Waals surface area contributed by atoms with Gasteiger partial charge in [-0.25, -0.2) is 0 Å². The van der Waals surface area contributed by atoms with Crippen LogP contribution in [0.1, 0.15) is 19.8 Å². The summed E-state index contributed by atoms with van der Waals surface area (Å²) < 4.78 is 0. The topological polar surface area (TPSA) is 27.5 Å². The molecule has 0 spiro atoms. The second-order valence-electron chi connectivity index (χ2n) is 3.22. The van der Waals surface area contributed by atoms with Gasteiger partial charge in [0.15, 0.2) is 0 Å². The third kappa shape index (κ3) is 2.33. The summed E-state index contributed by atoms with van der Waals surface area (Å²) in [5.74, 6) is 1.54. The van der Waals surface area contributed by atoms with Gasteiger partial charge in [-0.3, -0.25) is 0 Å². The highest BCUT2D eigenvalue weighted by atomic mass is 16.5. The highest BCUT2D eigenvalue weighted by molar-refractivity contribution is 4.77. The van der Waals surface area contributed by atoms with Gasteiger partial charge in [-0.15, -0.1) is 0 Å². The second kappa shape index (κ2) is 2.67. The second-order valence-corrected chi connectivity index (χ2v) is 3.22. The molecule has 1 aliphatic carbocycles. The number of hydroxylamine groups is 2. The van der Waals surface area contributed by atoms with Gasteiger partial charge in [0.25, 0.3) is 0 Å².